The molecule has 0 atom stereocenters. The van der Waals surface area contributed by atoms with Gasteiger partial charge in [0.25, 0.3) is 5.82 Å². The SMILES string of the molecule is CCN1/C(=C/C=C/c2n(CCCCS(=O)(=O)NC(C)=O)c3cc(C#N)ccc3[n+]2CC)N(CC)c2cc(C#N)ccc21. The topological polar surface area (TPSA) is 126 Å². The maximum absolute atomic E-state index is 12.1. The van der Waals surface area contributed by atoms with Gasteiger partial charge in [0, 0.05) is 32.2 Å². The molecule has 0 saturated heterocycles. The van der Waals surface area contributed by atoms with E-state index in [2.05, 4.69) is 57.9 Å². The minimum Gasteiger partial charge on any atom is -0.326 e. The number of hydrogen-bond acceptors (Lipinski definition) is 7. The van der Waals surface area contributed by atoms with E-state index in [0.717, 1.165) is 47.1 Å². The number of rotatable bonds is 11. The van der Waals surface area contributed by atoms with Crippen molar-refractivity contribution in [1.82, 2.24) is 9.29 Å². The second-order valence-corrected chi connectivity index (χ2v) is 11.8. The number of nitriles is 2. The highest BCUT2D eigenvalue weighted by Gasteiger charge is 2.29. The van der Waals surface area contributed by atoms with Crippen LogP contribution in [-0.4, -0.2) is 37.7 Å². The normalized spacial score (nSPS) is 14.0. The minimum atomic E-state index is -3.67. The van der Waals surface area contributed by atoms with E-state index in [0.29, 0.717) is 37.1 Å². The first-order chi connectivity index (χ1) is 20.2. The van der Waals surface area contributed by atoms with Crippen LogP contribution in [-0.2, 0) is 27.9 Å². The van der Waals surface area contributed by atoms with Crippen LogP contribution in [0.3, 0.4) is 0 Å². The van der Waals surface area contributed by atoms with E-state index < -0.39 is 15.9 Å². The number of nitrogens with one attached hydrogen (secondary N) is 1. The van der Waals surface area contributed by atoms with Gasteiger partial charge in [0.1, 0.15) is 5.82 Å². The predicted octanol–water partition coefficient (Wildman–Crippen LogP) is 4.16. The Bertz CT molecular complexity index is 1760. The van der Waals surface area contributed by atoms with Crippen LogP contribution in [0, 0.1) is 22.7 Å². The zero-order valence-electron chi connectivity index (χ0n) is 24.5. The zero-order chi connectivity index (χ0) is 30.4. The highest BCUT2D eigenvalue weighted by Crippen LogP contribution is 2.41. The molecule has 3 aromatic rings. The van der Waals surface area contributed by atoms with Gasteiger partial charge in [0.15, 0.2) is 11.0 Å². The van der Waals surface area contributed by atoms with Crippen LogP contribution in [0.5, 0.6) is 0 Å². The Morgan fingerprint density at radius 2 is 1.64 bits per heavy atom. The molecule has 0 unspecified atom stereocenters. The molecule has 42 heavy (non-hydrogen) atoms. The summed E-state index contributed by atoms with van der Waals surface area (Å²) in [7, 11) is -3.67. The molecule has 1 aliphatic heterocycles. The van der Waals surface area contributed by atoms with E-state index in [1.165, 1.54) is 6.92 Å². The number of hydrogen-bond donors (Lipinski definition) is 1. The maximum Gasteiger partial charge on any atom is 0.282 e. The minimum absolute atomic E-state index is 0.145. The number of aryl methyl sites for hydroxylation is 2. The Morgan fingerprint density at radius 1 is 0.976 bits per heavy atom. The number of fused-ring (bicyclic) bond motifs is 2. The summed E-state index contributed by atoms with van der Waals surface area (Å²) in [5, 5.41) is 19.0. The van der Waals surface area contributed by atoms with E-state index in [-0.39, 0.29) is 5.75 Å². The molecule has 0 saturated carbocycles. The molecule has 218 valence electrons. The predicted molar refractivity (Wildman–Crippen MR) is 164 cm³/mol. The highest BCUT2D eigenvalue weighted by atomic mass is 32.2. The van der Waals surface area contributed by atoms with Crippen molar-refractivity contribution in [2.24, 2.45) is 0 Å². The van der Waals surface area contributed by atoms with E-state index in [1.807, 2.05) is 47.2 Å². The average molecular weight is 587 g/mol. The number of nitrogens with zero attached hydrogens (tertiary/aromatic N) is 6. The van der Waals surface area contributed by atoms with Crippen molar-refractivity contribution in [2.75, 3.05) is 28.6 Å². The summed E-state index contributed by atoms with van der Waals surface area (Å²) in [5.41, 5.74) is 5.12. The van der Waals surface area contributed by atoms with Crippen molar-refractivity contribution >= 4 is 44.4 Å². The van der Waals surface area contributed by atoms with Gasteiger partial charge in [-0.1, -0.05) is 6.08 Å². The molecule has 1 N–H and O–H groups in total. The van der Waals surface area contributed by atoms with Crippen molar-refractivity contribution in [3.05, 3.63) is 71.3 Å². The first kappa shape index (κ1) is 30.4. The largest absolute Gasteiger partial charge is 0.326 e. The Morgan fingerprint density at radius 3 is 2.29 bits per heavy atom. The molecule has 2 heterocycles. The van der Waals surface area contributed by atoms with Gasteiger partial charge >= 0.3 is 0 Å². The number of imidazole rings is 1. The number of anilines is 2. The van der Waals surface area contributed by atoms with Crippen LogP contribution < -0.4 is 19.1 Å². The number of allylic oxidation sites excluding steroid dienone is 2. The standard InChI is InChI=1S/C31H35N7O3S/c1-5-35-26-15-13-24(21-32)19-28(26)37(7-3)30(35)11-10-12-31-36(6-2)27-16-14-25(22-33)20-29(27)38(31)17-8-9-18-42(40,41)34-23(4)39/h10-16,19-20H,5-9,17-18H2,1-4H3/p+1. The van der Waals surface area contributed by atoms with Crippen molar-refractivity contribution in [1.29, 1.82) is 10.5 Å². The molecule has 0 spiro atoms. The van der Waals surface area contributed by atoms with Crippen LogP contribution >= 0.6 is 0 Å². The van der Waals surface area contributed by atoms with Gasteiger partial charge < -0.3 is 9.80 Å². The summed E-state index contributed by atoms with van der Waals surface area (Å²) in [6, 6.07) is 15.8. The Kier molecular flexibility index (Phi) is 9.34. The quantitative estimate of drug-likeness (QED) is 0.264. The highest BCUT2D eigenvalue weighted by molar-refractivity contribution is 7.90. The van der Waals surface area contributed by atoms with Gasteiger partial charge in [-0.05, 0) is 70.0 Å². The third kappa shape index (κ3) is 6.17. The van der Waals surface area contributed by atoms with Crippen molar-refractivity contribution < 1.29 is 17.8 Å². The fraction of sp³-hybridized carbons (Fsp3) is 0.355. The number of carbonyl (C=O) groups is 1. The van der Waals surface area contributed by atoms with Crippen molar-refractivity contribution in [3.63, 3.8) is 0 Å². The second-order valence-electron chi connectivity index (χ2n) is 9.94. The number of aromatic nitrogens is 2. The zero-order valence-corrected chi connectivity index (χ0v) is 25.3. The van der Waals surface area contributed by atoms with Crippen LogP contribution in [0.1, 0.15) is 57.5 Å². The monoisotopic (exact) mass is 586 g/mol. The summed E-state index contributed by atoms with van der Waals surface area (Å²) >= 11 is 0. The first-order valence-electron chi connectivity index (χ1n) is 14.1. The van der Waals surface area contributed by atoms with Gasteiger partial charge in [-0.15, -0.1) is 0 Å². The van der Waals surface area contributed by atoms with Crippen LogP contribution in [0.25, 0.3) is 17.1 Å². The Labute approximate surface area is 247 Å². The molecule has 10 nitrogen and oxygen atoms in total. The number of sulfonamides is 1. The fourth-order valence-corrected chi connectivity index (χ4v) is 6.63. The molecule has 2 aromatic carbocycles. The smallest absolute Gasteiger partial charge is 0.282 e. The van der Waals surface area contributed by atoms with Crippen LogP contribution in [0.15, 0.2) is 54.4 Å². The lowest BCUT2D eigenvalue weighted by atomic mass is 10.2. The molecule has 1 aromatic heterocycles. The molecule has 0 radical (unpaired) electrons. The molecule has 1 aliphatic rings. The van der Waals surface area contributed by atoms with E-state index >= 15 is 0 Å². The van der Waals surface area contributed by atoms with Crippen molar-refractivity contribution in [2.45, 2.75) is 53.6 Å². The van der Waals surface area contributed by atoms with E-state index in [4.69, 9.17) is 0 Å². The third-order valence-electron chi connectivity index (χ3n) is 7.26. The molecular formula is C31H36N7O3S+. The van der Waals surface area contributed by atoms with Gasteiger partial charge in [-0.25, -0.2) is 17.6 Å². The Hall–Kier alpha value is -4.61. The second kappa shape index (κ2) is 12.9. The van der Waals surface area contributed by atoms with Gasteiger partial charge in [-0.3, -0.25) is 9.52 Å². The molecule has 4 rings (SSSR count). The summed E-state index contributed by atoms with van der Waals surface area (Å²) < 4.78 is 30.6. The lowest BCUT2D eigenvalue weighted by Gasteiger charge is -2.23. The first-order valence-corrected chi connectivity index (χ1v) is 15.8. The Balaban J connectivity index is 1.70. The van der Waals surface area contributed by atoms with Gasteiger partial charge in [-0.2, -0.15) is 10.5 Å². The molecule has 1 amide bonds. The van der Waals surface area contributed by atoms with Crippen LogP contribution in [0.4, 0.5) is 11.4 Å². The average Bonchev–Trinajstić information content (AvgIpc) is 3.44. The van der Waals surface area contributed by atoms with E-state index in [1.54, 1.807) is 6.07 Å². The maximum atomic E-state index is 12.1. The summed E-state index contributed by atoms with van der Waals surface area (Å²) in [6.07, 6.45) is 7.07. The van der Waals surface area contributed by atoms with E-state index in [9.17, 15) is 23.7 Å². The van der Waals surface area contributed by atoms with Gasteiger partial charge in [0.2, 0.25) is 15.9 Å². The lowest BCUT2D eigenvalue weighted by molar-refractivity contribution is -0.670. The number of benzene rings is 2. The third-order valence-corrected chi connectivity index (χ3v) is 8.69. The summed E-state index contributed by atoms with van der Waals surface area (Å²) in [5.74, 6) is 1.20. The molecular weight excluding hydrogens is 550 g/mol. The van der Waals surface area contributed by atoms with Crippen LogP contribution in [0.2, 0.25) is 0 Å². The molecule has 0 bridgehead atoms. The fourth-order valence-electron chi connectivity index (χ4n) is 5.50. The summed E-state index contributed by atoms with van der Waals surface area (Å²) in [4.78, 5) is 15.6. The van der Waals surface area contributed by atoms with Gasteiger partial charge in [0.05, 0.1) is 53.5 Å². The summed E-state index contributed by atoms with van der Waals surface area (Å²) in [6.45, 7) is 10.2. The number of amides is 1. The molecule has 11 heteroatoms. The number of unbranched alkanes of at least 4 members (excludes halogenated alkanes) is 1. The molecule has 0 aliphatic carbocycles. The number of carbonyl (C=O) groups excluding carboxylic acids is 1. The molecule has 0 fully saturated rings. The van der Waals surface area contributed by atoms with Crippen molar-refractivity contribution in [3.8, 4) is 12.1 Å². The lowest BCUT2D eigenvalue weighted by Crippen LogP contribution is -2.35.